The molecule has 1 atom stereocenters. The van der Waals surface area contributed by atoms with Gasteiger partial charge in [0.2, 0.25) is 0 Å². The van der Waals surface area contributed by atoms with Gasteiger partial charge in [-0.05, 0) is 17.5 Å². The van der Waals surface area contributed by atoms with E-state index in [0.29, 0.717) is 5.78 Å². The van der Waals surface area contributed by atoms with E-state index in [-0.39, 0.29) is 5.92 Å². The lowest BCUT2D eigenvalue weighted by atomic mass is 9.93. The lowest BCUT2D eigenvalue weighted by molar-refractivity contribution is -0.119. The largest absolute Gasteiger partial charge is 0.299 e. The first-order valence-electron chi connectivity index (χ1n) is 6.12. The fourth-order valence-corrected chi connectivity index (χ4v) is 2.23. The van der Waals surface area contributed by atoms with Crippen LogP contribution in [0.25, 0.3) is 6.08 Å². The summed E-state index contributed by atoms with van der Waals surface area (Å²) in [6, 6.07) is 8.17. The summed E-state index contributed by atoms with van der Waals surface area (Å²) in [5.41, 5.74) is 2.39. The van der Waals surface area contributed by atoms with Crippen LogP contribution in [0.1, 0.15) is 49.7 Å². The topological polar surface area (TPSA) is 17.1 Å². The number of hydrogen-bond donors (Lipinski definition) is 0. The predicted octanol–water partition coefficient (Wildman–Crippen LogP) is 3.95. The van der Waals surface area contributed by atoms with Crippen molar-refractivity contribution in [1.82, 2.24) is 0 Å². The Morgan fingerprint density at radius 1 is 1.25 bits per heavy atom. The summed E-state index contributed by atoms with van der Waals surface area (Å²) in [6.45, 7) is 2.16. The van der Waals surface area contributed by atoms with Crippen LogP contribution in [0.4, 0.5) is 0 Å². The van der Waals surface area contributed by atoms with Gasteiger partial charge in [0.1, 0.15) is 5.78 Å². The first kappa shape index (κ1) is 11.1. The maximum absolute atomic E-state index is 12.0. The second-order valence-electron chi connectivity index (χ2n) is 4.39. The molecule has 0 bridgehead atoms. The van der Waals surface area contributed by atoms with Crippen LogP contribution in [0.2, 0.25) is 0 Å². The van der Waals surface area contributed by atoms with Gasteiger partial charge in [0.15, 0.2) is 0 Å². The van der Waals surface area contributed by atoms with Crippen molar-refractivity contribution in [3.63, 3.8) is 0 Å². The third-order valence-corrected chi connectivity index (χ3v) is 3.17. The smallest absolute Gasteiger partial charge is 0.144 e. The van der Waals surface area contributed by atoms with Crippen molar-refractivity contribution in [2.75, 3.05) is 0 Å². The lowest BCUT2D eigenvalue weighted by Crippen LogP contribution is -2.08. The van der Waals surface area contributed by atoms with E-state index in [9.17, 15) is 4.79 Å². The summed E-state index contributed by atoms with van der Waals surface area (Å²) < 4.78 is 0. The zero-order chi connectivity index (χ0) is 11.4. The van der Waals surface area contributed by atoms with Crippen molar-refractivity contribution in [3.05, 3.63) is 41.5 Å². The summed E-state index contributed by atoms with van der Waals surface area (Å²) in [5, 5.41) is 0. The number of hydrogen-bond acceptors (Lipinski definition) is 1. The lowest BCUT2D eigenvalue weighted by Gasteiger charge is -2.09. The van der Waals surface area contributed by atoms with E-state index < -0.39 is 0 Å². The summed E-state index contributed by atoms with van der Waals surface area (Å²) in [4.78, 5) is 12.0. The second kappa shape index (κ2) is 5.11. The molecular formula is C15H18O. The Kier molecular flexibility index (Phi) is 3.55. The van der Waals surface area contributed by atoms with E-state index >= 15 is 0 Å². The van der Waals surface area contributed by atoms with Gasteiger partial charge in [0.05, 0.1) is 5.92 Å². The number of unbranched alkanes of at least 4 members (excludes halogenated alkanes) is 2. The fraction of sp³-hybridized carbons (Fsp3) is 0.400. The first-order valence-corrected chi connectivity index (χ1v) is 6.12. The second-order valence-corrected chi connectivity index (χ2v) is 4.39. The van der Waals surface area contributed by atoms with Crippen LogP contribution >= 0.6 is 0 Å². The molecule has 0 spiro atoms. The number of rotatable bonds is 5. The molecule has 1 nitrogen and oxygen atoms in total. The maximum Gasteiger partial charge on any atom is 0.144 e. The average Bonchev–Trinajstić information content (AvgIpc) is 2.73. The Morgan fingerprint density at radius 2 is 2.06 bits per heavy atom. The van der Waals surface area contributed by atoms with Crippen molar-refractivity contribution >= 4 is 11.9 Å². The third-order valence-electron chi connectivity index (χ3n) is 3.17. The molecule has 0 aromatic heterocycles. The molecule has 0 amide bonds. The van der Waals surface area contributed by atoms with Gasteiger partial charge in [-0.15, -0.1) is 0 Å². The zero-order valence-electron chi connectivity index (χ0n) is 9.78. The van der Waals surface area contributed by atoms with E-state index in [1.807, 2.05) is 18.2 Å². The monoisotopic (exact) mass is 214 g/mol. The molecule has 0 saturated carbocycles. The maximum atomic E-state index is 12.0. The van der Waals surface area contributed by atoms with Gasteiger partial charge >= 0.3 is 0 Å². The molecule has 0 N–H and O–H groups in total. The molecule has 1 aliphatic carbocycles. The average molecular weight is 214 g/mol. The Balaban J connectivity index is 2.02. The SMILES string of the molecule is CCCCCC(=O)C1C=Cc2ccccc21. The molecule has 2 rings (SSSR count). The van der Waals surface area contributed by atoms with Crippen molar-refractivity contribution in [1.29, 1.82) is 0 Å². The van der Waals surface area contributed by atoms with Crippen LogP contribution in [0.3, 0.4) is 0 Å². The number of fused-ring (bicyclic) bond motifs is 1. The van der Waals surface area contributed by atoms with Crippen LogP contribution in [-0.4, -0.2) is 5.78 Å². The van der Waals surface area contributed by atoms with Gasteiger partial charge in [0, 0.05) is 6.42 Å². The molecule has 0 heterocycles. The van der Waals surface area contributed by atoms with Gasteiger partial charge in [-0.25, -0.2) is 0 Å². The molecule has 16 heavy (non-hydrogen) atoms. The molecular weight excluding hydrogens is 196 g/mol. The molecule has 0 saturated heterocycles. The van der Waals surface area contributed by atoms with Gasteiger partial charge in [0.25, 0.3) is 0 Å². The highest BCUT2D eigenvalue weighted by Gasteiger charge is 2.22. The van der Waals surface area contributed by atoms with E-state index in [2.05, 4.69) is 25.1 Å². The van der Waals surface area contributed by atoms with Crippen LogP contribution < -0.4 is 0 Å². The quantitative estimate of drug-likeness (QED) is 0.678. The molecule has 1 heteroatoms. The number of ketones is 1. The molecule has 1 aromatic rings. The van der Waals surface area contributed by atoms with Crippen LogP contribution in [-0.2, 0) is 4.79 Å². The molecule has 0 radical (unpaired) electrons. The van der Waals surface area contributed by atoms with E-state index in [1.54, 1.807) is 0 Å². The minimum Gasteiger partial charge on any atom is -0.299 e. The van der Waals surface area contributed by atoms with Crippen LogP contribution in [0.5, 0.6) is 0 Å². The van der Waals surface area contributed by atoms with Crippen LogP contribution in [0, 0.1) is 0 Å². The summed E-state index contributed by atoms with van der Waals surface area (Å²) in [7, 11) is 0. The van der Waals surface area contributed by atoms with E-state index in [1.165, 1.54) is 17.5 Å². The molecule has 1 aromatic carbocycles. The summed E-state index contributed by atoms with van der Waals surface area (Å²) in [6.07, 6.45) is 8.18. The van der Waals surface area contributed by atoms with E-state index in [0.717, 1.165) is 19.3 Å². The van der Waals surface area contributed by atoms with E-state index in [4.69, 9.17) is 0 Å². The van der Waals surface area contributed by atoms with Gasteiger partial charge in [-0.2, -0.15) is 0 Å². The first-order chi connectivity index (χ1) is 7.83. The fourth-order valence-electron chi connectivity index (χ4n) is 2.23. The number of Topliss-reactive ketones (excluding diaryl/α,β-unsaturated/α-hetero) is 1. The molecule has 1 aliphatic rings. The summed E-state index contributed by atoms with van der Waals surface area (Å²) >= 11 is 0. The molecule has 0 fully saturated rings. The molecule has 0 aliphatic heterocycles. The third kappa shape index (κ3) is 2.24. The Labute approximate surface area is 97.2 Å². The summed E-state index contributed by atoms with van der Waals surface area (Å²) in [5.74, 6) is 0.391. The number of benzene rings is 1. The molecule has 84 valence electrons. The van der Waals surface area contributed by atoms with Gasteiger partial charge < -0.3 is 0 Å². The van der Waals surface area contributed by atoms with Crippen molar-refractivity contribution in [2.24, 2.45) is 0 Å². The van der Waals surface area contributed by atoms with Gasteiger partial charge in [-0.1, -0.05) is 56.2 Å². The Hall–Kier alpha value is -1.37. The molecule has 1 unspecified atom stereocenters. The Morgan fingerprint density at radius 3 is 2.88 bits per heavy atom. The number of carbonyl (C=O) groups is 1. The normalized spacial score (nSPS) is 17.4. The highest BCUT2D eigenvalue weighted by atomic mass is 16.1. The zero-order valence-corrected chi connectivity index (χ0v) is 9.78. The highest BCUT2D eigenvalue weighted by Crippen LogP contribution is 2.31. The van der Waals surface area contributed by atoms with Crippen molar-refractivity contribution in [2.45, 2.75) is 38.5 Å². The number of carbonyl (C=O) groups excluding carboxylic acids is 1. The van der Waals surface area contributed by atoms with Gasteiger partial charge in [-0.3, -0.25) is 4.79 Å². The highest BCUT2D eigenvalue weighted by molar-refractivity contribution is 5.91. The number of allylic oxidation sites excluding steroid dienone is 1. The minimum atomic E-state index is 0.0213. The standard InChI is InChI=1S/C15H18O/c1-2-3-4-9-15(16)14-11-10-12-7-5-6-8-13(12)14/h5-8,10-11,14H,2-4,9H2,1H3. The van der Waals surface area contributed by atoms with Crippen LogP contribution in [0.15, 0.2) is 30.3 Å². The Bertz CT molecular complexity index is 404. The van der Waals surface area contributed by atoms with Crippen molar-refractivity contribution < 1.29 is 4.79 Å². The van der Waals surface area contributed by atoms with Crippen molar-refractivity contribution in [3.8, 4) is 0 Å². The predicted molar refractivity (Wildman–Crippen MR) is 67.4 cm³/mol. The minimum absolute atomic E-state index is 0.0213.